The van der Waals surface area contributed by atoms with Gasteiger partial charge in [0.2, 0.25) is 5.82 Å². The lowest BCUT2D eigenvalue weighted by molar-refractivity contribution is -0.143. The van der Waals surface area contributed by atoms with E-state index in [1.165, 1.54) is 22.0 Å². The van der Waals surface area contributed by atoms with Gasteiger partial charge in [-0.05, 0) is 37.1 Å². The zero-order chi connectivity index (χ0) is 25.7. The quantitative estimate of drug-likeness (QED) is 0.476. The molecule has 4 rings (SSSR count). The van der Waals surface area contributed by atoms with Crippen molar-refractivity contribution < 1.29 is 28.2 Å². The highest BCUT2D eigenvalue weighted by Gasteiger charge is 2.31. The first kappa shape index (κ1) is 24.8. The highest BCUT2D eigenvalue weighted by Crippen LogP contribution is 2.32. The van der Waals surface area contributed by atoms with Gasteiger partial charge in [0.1, 0.15) is 30.5 Å². The van der Waals surface area contributed by atoms with Crippen LogP contribution in [0.25, 0.3) is 0 Å². The van der Waals surface area contributed by atoms with Gasteiger partial charge in [0.05, 0.1) is 18.8 Å². The standard InChI is InChI=1S/C25H26FN5O5/c1-3-35-22(32)11-9-16-8-10-21-20(12-16)30(2)25(34)19(14-36-21)28-24(33)23-27-15-31(29-23)13-17-6-4-5-7-18(17)26/h4-8,10,12,15,19H,3,9,11,13-14H2,1-2H3,(H,28,33)/t19-/m1/s1. The van der Waals surface area contributed by atoms with Crippen molar-refractivity contribution in [3.63, 3.8) is 0 Å². The maximum atomic E-state index is 13.9. The molecule has 0 radical (unpaired) electrons. The molecular formula is C25H26FN5O5. The second kappa shape index (κ2) is 11.0. The zero-order valence-corrected chi connectivity index (χ0v) is 19.9. The van der Waals surface area contributed by atoms with Crippen LogP contribution in [0.15, 0.2) is 48.8 Å². The molecule has 0 fully saturated rings. The number of aryl methyl sites for hydroxylation is 1. The molecule has 10 nitrogen and oxygen atoms in total. The molecule has 2 heterocycles. The predicted octanol–water partition coefficient (Wildman–Crippen LogP) is 2.11. The van der Waals surface area contributed by atoms with Crippen LogP contribution in [0.5, 0.6) is 5.75 Å². The maximum Gasteiger partial charge on any atom is 0.306 e. The molecule has 11 heteroatoms. The van der Waals surface area contributed by atoms with Crippen LogP contribution < -0.4 is 15.0 Å². The minimum absolute atomic E-state index is 0.0833. The van der Waals surface area contributed by atoms with Gasteiger partial charge in [-0.2, -0.15) is 0 Å². The summed E-state index contributed by atoms with van der Waals surface area (Å²) in [4.78, 5) is 42.9. The van der Waals surface area contributed by atoms with Crippen molar-refractivity contribution in [2.24, 2.45) is 0 Å². The summed E-state index contributed by atoms with van der Waals surface area (Å²) in [5.41, 5.74) is 1.78. The van der Waals surface area contributed by atoms with E-state index < -0.39 is 11.9 Å². The summed E-state index contributed by atoms with van der Waals surface area (Å²) in [5.74, 6) is -1.37. The molecule has 0 spiro atoms. The molecule has 0 saturated heterocycles. The summed E-state index contributed by atoms with van der Waals surface area (Å²) in [5, 5.41) is 6.72. The fourth-order valence-electron chi connectivity index (χ4n) is 3.78. The SMILES string of the molecule is CCOC(=O)CCc1ccc2c(c1)N(C)C(=O)[C@H](NC(=O)c1ncn(Cc3ccccc3F)n1)CO2. The van der Waals surface area contributed by atoms with Crippen molar-refractivity contribution in [2.75, 3.05) is 25.2 Å². The number of hydrogen-bond donors (Lipinski definition) is 1. The van der Waals surface area contributed by atoms with Gasteiger partial charge in [0, 0.05) is 19.0 Å². The Morgan fingerprint density at radius 3 is 2.83 bits per heavy atom. The van der Waals surface area contributed by atoms with E-state index in [1.54, 1.807) is 44.3 Å². The Bertz CT molecular complexity index is 1280. The first-order valence-electron chi connectivity index (χ1n) is 11.5. The van der Waals surface area contributed by atoms with Crippen LogP contribution in [0.1, 0.15) is 35.1 Å². The molecular weight excluding hydrogens is 469 g/mol. The predicted molar refractivity (Wildman–Crippen MR) is 127 cm³/mol. The van der Waals surface area contributed by atoms with Gasteiger partial charge in [-0.15, -0.1) is 5.10 Å². The van der Waals surface area contributed by atoms with Crippen molar-refractivity contribution >= 4 is 23.5 Å². The molecule has 0 saturated carbocycles. The lowest BCUT2D eigenvalue weighted by Gasteiger charge is -2.20. The molecule has 0 bridgehead atoms. The molecule has 1 N–H and O–H groups in total. The van der Waals surface area contributed by atoms with Crippen LogP contribution >= 0.6 is 0 Å². The summed E-state index contributed by atoms with van der Waals surface area (Å²) in [6.07, 6.45) is 2.00. The molecule has 1 atom stereocenters. The highest BCUT2D eigenvalue weighted by molar-refractivity contribution is 6.02. The van der Waals surface area contributed by atoms with Crippen molar-refractivity contribution in [3.05, 3.63) is 71.6 Å². The van der Waals surface area contributed by atoms with Crippen LogP contribution in [0, 0.1) is 5.82 Å². The number of anilines is 1. The van der Waals surface area contributed by atoms with Crippen LogP contribution in [0.4, 0.5) is 10.1 Å². The first-order chi connectivity index (χ1) is 17.4. The largest absolute Gasteiger partial charge is 0.489 e. The summed E-state index contributed by atoms with van der Waals surface area (Å²) < 4.78 is 26.0. The molecule has 2 amide bonds. The van der Waals surface area contributed by atoms with E-state index in [2.05, 4.69) is 15.4 Å². The third kappa shape index (κ3) is 5.68. The second-order valence-corrected chi connectivity index (χ2v) is 8.20. The molecule has 0 unspecified atom stereocenters. The number of carbonyl (C=O) groups is 3. The van der Waals surface area contributed by atoms with Crippen LogP contribution in [0.3, 0.4) is 0 Å². The molecule has 2 aromatic carbocycles. The van der Waals surface area contributed by atoms with Gasteiger partial charge >= 0.3 is 5.97 Å². The molecule has 188 valence electrons. The smallest absolute Gasteiger partial charge is 0.306 e. The summed E-state index contributed by atoms with van der Waals surface area (Å²) in [7, 11) is 1.59. The average Bonchev–Trinajstić information content (AvgIpc) is 3.31. The second-order valence-electron chi connectivity index (χ2n) is 8.20. The minimum atomic E-state index is -0.976. The monoisotopic (exact) mass is 495 g/mol. The lowest BCUT2D eigenvalue weighted by Crippen LogP contribution is -2.49. The van der Waals surface area contributed by atoms with E-state index in [0.717, 1.165) is 5.56 Å². The van der Waals surface area contributed by atoms with Crippen molar-refractivity contribution in [2.45, 2.75) is 32.4 Å². The molecule has 3 aromatic rings. The van der Waals surface area contributed by atoms with E-state index in [0.29, 0.717) is 30.0 Å². The lowest BCUT2D eigenvalue weighted by atomic mass is 10.1. The molecule has 1 aliphatic rings. The van der Waals surface area contributed by atoms with Crippen molar-refractivity contribution in [1.29, 1.82) is 0 Å². The topological polar surface area (TPSA) is 116 Å². The fourth-order valence-corrected chi connectivity index (χ4v) is 3.78. The molecule has 1 aromatic heterocycles. The van der Waals surface area contributed by atoms with E-state index in [-0.39, 0.29) is 43.1 Å². The average molecular weight is 496 g/mol. The number of aromatic nitrogens is 3. The Kier molecular flexibility index (Phi) is 7.57. The van der Waals surface area contributed by atoms with Gasteiger partial charge in [-0.3, -0.25) is 14.4 Å². The summed E-state index contributed by atoms with van der Waals surface area (Å²) in [6.45, 7) is 2.10. The molecule has 0 aliphatic carbocycles. The van der Waals surface area contributed by atoms with Gasteiger partial charge in [-0.25, -0.2) is 14.1 Å². The van der Waals surface area contributed by atoms with Crippen LogP contribution in [-0.4, -0.2) is 58.9 Å². The number of rotatable bonds is 8. The number of esters is 1. The number of ether oxygens (including phenoxy) is 2. The normalized spacial score (nSPS) is 15.0. The number of fused-ring (bicyclic) bond motifs is 1. The highest BCUT2D eigenvalue weighted by atomic mass is 19.1. The van der Waals surface area contributed by atoms with Crippen LogP contribution in [0.2, 0.25) is 0 Å². The number of benzene rings is 2. The van der Waals surface area contributed by atoms with Crippen molar-refractivity contribution in [3.8, 4) is 5.75 Å². The van der Waals surface area contributed by atoms with Crippen LogP contribution in [-0.2, 0) is 27.3 Å². The Morgan fingerprint density at radius 1 is 1.25 bits per heavy atom. The van der Waals surface area contributed by atoms with E-state index in [9.17, 15) is 18.8 Å². The Balaban J connectivity index is 1.41. The number of carbonyl (C=O) groups excluding carboxylic acids is 3. The third-order valence-electron chi connectivity index (χ3n) is 5.68. The Hall–Kier alpha value is -4.28. The van der Waals surface area contributed by atoms with Gasteiger partial charge in [-0.1, -0.05) is 24.3 Å². The number of hydrogen-bond acceptors (Lipinski definition) is 7. The number of amides is 2. The summed E-state index contributed by atoms with van der Waals surface area (Å²) >= 11 is 0. The van der Waals surface area contributed by atoms with Gasteiger partial charge < -0.3 is 19.7 Å². The Labute approximate surface area is 207 Å². The molecule has 36 heavy (non-hydrogen) atoms. The number of nitrogens with one attached hydrogen (secondary N) is 1. The number of halogens is 1. The van der Waals surface area contributed by atoms with Gasteiger partial charge in [0.25, 0.3) is 11.8 Å². The Morgan fingerprint density at radius 2 is 2.06 bits per heavy atom. The maximum absolute atomic E-state index is 13.9. The first-order valence-corrected chi connectivity index (χ1v) is 11.5. The number of nitrogens with zero attached hydrogens (tertiary/aromatic N) is 4. The van der Waals surface area contributed by atoms with E-state index in [1.807, 2.05) is 6.07 Å². The van der Waals surface area contributed by atoms with Crippen molar-refractivity contribution in [1.82, 2.24) is 20.1 Å². The zero-order valence-electron chi connectivity index (χ0n) is 19.9. The minimum Gasteiger partial charge on any atom is -0.489 e. The fraction of sp³-hybridized carbons (Fsp3) is 0.320. The molecule has 1 aliphatic heterocycles. The van der Waals surface area contributed by atoms with E-state index in [4.69, 9.17) is 9.47 Å². The summed E-state index contributed by atoms with van der Waals surface area (Å²) in [6, 6.07) is 10.6. The van der Waals surface area contributed by atoms with E-state index >= 15 is 0 Å². The number of likely N-dealkylation sites (N-methyl/N-ethyl adjacent to an activating group) is 1. The third-order valence-corrected chi connectivity index (χ3v) is 5.68. The van der Waals surface area contributed by atoms with Gasteiger partial charge in [0.15, 0.2) is 0 Å².